The van der Waals surface area contributed by atoms with Gasteiger partial charge in [-0.3, -0.25) is 0 Å². The van der Waals surface area contributed by atoms with E-state index in [1.165, 1.54) is 61.2 Å². The average molecular weight is 1500 g/mol. The van der Waals surface area contributed by atoms with E-state index < -0.39 is 18.2 Å². The fourth-order valence-electron chi connectivity index (χ4n) is 16.8. The lowest BCUT2D eigenvalue weighted by molar-refractivity contribution is 0.568. The highest BCUT2D eigenvalue weighted by molar-refractivity contribution is 7.00. The molecule has 0 N–H and O–H groups in total. The summed E-state index contributed by atoms with van der Waals surface area (Å²) >= 11 is 0. The van der Waals surface area contributed by atoms with Gasteiger partial charge < -0.3 is 9.80 Å². The Morgan fingerprint density at radius 3 is 0.832 bits per heavy atom. The number of benzene rings is 11. The Hall–Kier alpha value is -8.92. The summed E-state index contributed by atoms with van der Waals surface area (Å²) in [5.74, 6) is 0. The molecule has 0 saturated heterocycles. The molecule has 2 aliphatic rings. The van der Waals surface area contributed by atoms with Gasteiger partial charge >= 0.3 is 0 Å². The van der Waals surface area contributed by atoms with Gasteiger partial charge in [0.1, 0.15) is 0 Å². The second kappa shape index (κ2) is 27.9. The minimum Gasteiger partial charge on any atom is -0.310 e. The normalized spacial score (nSPS) is 14.6. The van der Waals surface area contributed by atoms with Gasteiger partial charge in [-0.25, -0.2) is 0 Å². The second-order valence-corrected chi connectivity index (χ2v) is 44.6. The Kier molecular flexibility index (Phi) is 18.7. The van der Waals surface area contributed by atoms with E-state index in [2.05, 4.69) is 408 Å². The van der Waals surface area contributed by atoms with E-state index in [4.69, 9.17) is 1.37 Å². The fourth-order valence-corrected chi connectivity index (χ4v) is 16.8. The van der Waals surface area contributed by atoms with Crippen molar-refractivity contribution in [3.8, 4) is 66.8 Å². The predicted octanol–water partition coefficient (Wildman–Crippen LogP) is 30.0. The zero-order valence-corrected chi connectivity index (χ0v) is 75.2. The maximum absolute atomic E-state index is 9.86. The third kappa shape index (κ3) is 15.9. The van der Waals surface area contributed by atoms with Crippen molar-refractivity contribution in [2.75, 3.05) is 9.80 Å². The SMILES string of the molecule is [2H]c1c([2H])c([2H])c(-c2ccc3c(c2)N(c2c(-c4ccc(C(C)(C)C)cc4)cc(C(C)(C)C)cc2-c2ccc(C(C)(C)C)cc2C(C)(C)C)c2cc(C(C)(C)C)cc4c2B3c2ccc(-c3cc(C(C)(C)C)cc(C(C)(C)C)c3)cc2N4c2c(-c3ccc(C(C)(C)C)cc3)cc(C(C)(C)C)cc2-c2ccc(C(C)(C)C)cc2C(C)(C)C)c([2H])c1[2H]. The monoisotopic (exact) mass is 1500 g/mol. The Balaban J connectivity index is 1.33. The first-order chi connectivity index (χ1) is 54.0. The molecule has 11 aromatic carbocycles. The minimum absolute atomic E-state index is 0.110. The third-order valence-electron chi connectivity index (χ3n) is 24.2. The quantitative estimate of drug-likeness (QED) is 0.140. The minimum atomic E-state index is -0.466. The highest BCUT2D eigenvalue weighted by Crippen LogP contribution is 2.58. The number of anilines is 6. The smallest absolute Gasteiger partial charge is 0.252 e. The van der Waals surface area contributed by atoms with E-state index in [1.54, 1.807) is 0 Å². The highest BCUT2D eigenvalue weighted by Gasteiger charge is 2.47. The molecule has 2 nitrogen and oxygen atoms in total. The maximum Gasteiger partial charge on any atom is 0.252 e. The van der Waals surface area contributed by atoms with E-state index in [0.29, 0.717) is 5.56 Å². The Labute approximate surface area is 691 Å². The summed E-state index contributed by atoms with van der Waals surface area (Å²) in [6, 6.07) is 68.1. The highest BCUT2D eigenvalue weighted by atomic mass is 15.2. The van der Waals surface area contributed by atoms with E-state index in [9.17, 15) is 5.48 Å². The number of fused-ring (bicyclic) bond motifs is 4. The van der Waals surface area contributed by atoms with Crippen molar-refractivity contribution < 1.29 is 6.85 Å². The van der Waals surface area contributed by atoms with E-state index >= 15 is 0 Å². The number of nitrogens with zero attached hydrogens (tertiary/aromatic N) is 2. The largest absolute Gasteiger partial charge is 0.310 e. The molecule has 0 aliphatic carbocycles. The molecule has 11 aromatic rings. The Morgan fingerprint density at radius 2 is 0.504 bits per heavy atom. The zero-order chi connectivity index (χ0) is 87.1. The van der Waals surface area contributed by atoms with Crippen molar-refractivity contribution in [3.05, 3.63) is 267 Å². The van der Waals surface area contributed by atoms with Gasteiger partial charge in [0.05, 0.1) is 18.2 Å². The average Bonchev–Trinajstić information content (AvgIpc) is 0.683. The van der Waals surface area contributed by atoms with Gasteiger partial charge in [0.2, 0.25) is 0 Å². The van der Waals surface area contributed by atoms with Crippen LogP contribution in [0.1, 0.15) is 297 Å². The molecule has 0 atom stereocenters. The molecule has 0 aromatic heterocycles. The summed E-state index contributed by atoms with van der Waals surface area (Å²) in [4.78, 5) is 5.34. The van der Waals surface area contributed by atoms with Crippen LogP contribution in [0.3, 0.4) is 0 Å². The van der Waals surface area contributed by atoms with Crippen molar-refractivity contribution in [3.63, 3.8) is 0 Å². The van der Waals surface area contributed by atoms with Gasteiger partial charge in [0.15, 0.2) is 0 Å². The maximum atomic E-state index is 9.86. The Bertz CT molecular complexity index is 5750. The summed E-state index contributed by atoms with van der Waals surface area (Å²) in [5, 5.41) is 0. The summed E-state index contributed by atoms with van der Waals surface area (Å²) in [5.41, 5.74) is 32.2. The molecule has 0 radical (unpaired) electrons. The number of rotatable bonds is 8. The lowest BCUT2D eigenvalue weighted by Crippen LogP contribution is -2.61. The second-order valence-electron chi connectivity index (χ2n) is 44.6. The van der Waals surface area contributed by atoms with Crippen molar-refractivity contribution >= 4 is 57.2 Å². The summed E-state index contributed by atoms with van der Waals surface area (Å²) < 4.78 is 47.3. The van der Waals surface area contributed by atoms with Crippen LogP contribution in [0, 0.1) is 0 Å². The van der Waals surface area contributed by atoms with Crippen LogP contribution >= 0.6 is 0 Å². The van der Waals surface area contributed by atoms with Gasteiger partial charge in [-0.1, -0.05) is 386 Å². The molecule has 0 fully saturated rings. The van der Waals surface area contributed by atoms with Crippen molar-refractivity contribution in [1.82, 2.24) is 0 Å². The first-order valence-corrected chi connectivity index (χ1v) is 41.7. The standard InChI is InChI=1S/C110H133BN2/c1-100(2,3)74-45-39-69(40-46-74)85-60-80(106(19,20)21)62-87(83-51-49-76(102(7,8)9)64-89(83)109(28,29)30)98(85)112-93-57-71(68-37-35-34-36-38-68)43-53-91(93)111-92-54-44-72(73-55-78(104(13,14)15)59-79(56-73)105(16,17)18)58-94(92)113(96-67-82(108(25,26)27)66-95(112)97(96)111)99-86(70-41-47-75(48-42-70)101(4,5)6)61-81(107(22,23)24)63-88(99)84-52-50-77(103(10,11)12)65-90(84)110(31,32)33/h34-67H,1-33H3/i34D,35D,36D,37D,38D. The summed E-state index contributed by atoms with van der Waals surface area (Å²) in [7, 11) is 0. The molecule has 0 saturated carbocycles. The molecule has 0 bridgehead atoms. The predicted molar refractivity (Wildman–Crippen MR) is 499 cm³/mol. The molecule has 113 heavy (non-hydrogen) atoms. The van der Waals surface area contributed by atoms with Crippen LogP contribution in [-0.2, 0) is 59.6 Å². The Morgan fingerprint density at radius 1 is 0.212 bits per heavy atom. The summed E-state index contributed by atoms with van der Waals surface area (Å²) in [6.07, 6.45) is 0. The molecule has 0 unspecified atom stereocenters. The lowest BCUT2D eigenvalue weighted by atomic mass is 9.33. The molecular weight excluding hydrogens is 1360 g/mol. The molecule has 586 valence electrons. The zero-order valence-electron chi connectivity index (χ0n) is 80.2. The van der Waals surface area contributed by atoms with E-state index in [1.807, 2.05) is 6.07 Å². The van der Waals surface area contributed by atoms with E-state index in [-0.39, 0.29) is 83.9 Å². The van der Waals surface area contributed by atoms with Crippen LogP contribution in [0.25, 0.3) is 66.8 Å². The van der Waals surface area contributed by atoms with Crippen LogP contribution in [0.2, 0.25) is 0 Å². The third-order valence-corrected chi connectivity index (χ3v) is 24.2. The van der Waals surface area contributed by atoms with Gasteiger partial charge in [0, 0.05) is 45.0 Å². The number of hydrogen-bond acceptors (Lipinski definition) is 2. The molecule has 13 rings (SSSR count). The summed E-state index contributed by atoms with van der Waals surface area (Å²) in [6.45, 7) is 76.7. The molecule has 0 amide bonds. The van der Waals surface area contributed by atoms with Crippen LogP contribution < -0.4 is 26.2 Å². The van der Waals surface area contributed by atoms with Crippen LogP contribution in [0.4, 0.5) is 34.1 Å². The number of hydrogen-bond donors (Lipinski definition) is 0. The molecule has 2 heterocycles. The van der Waals surface area contributed by atoms with Crippen molar-refractivity contribution in [2.45, 2.75) is 288 Å². The van der Waals surface area contributed by atoms with Crippen LogP contribution in [-0.4, -0.2) is 6.71 Å². The van der Waals surface area contributed by atoms with Gasteiger partial charge in [-0.05, 0) is 230 Å². The first-order valence-electron chi connectivity index (χ1n) is 44.2. The molecular formula is C110H133BN2. The fraction of sp³-hybridized carbons (Fsp3) is 0.400. The van der Waals surface area contributed by atoms with Gasteiger partial charge in [-0.2, -0.15) is 0 Å². The lowest BCUT2D eigenvalue weighted by Gasteiger charge is -2.47. The topological polar surface area (TPSA) is 6.48 Å². The van der Waals surface area contributed by atoms with Crippen molar-refractivity contribution in [2.24, 2.45) is 0 Å². The molecule has 2 aliphatic heterocycles. The molecule has 0 spiro atoms. The first kappa shape index (κ1) is 75.4. The van der Waals surface area contributed by atoms with Crippen LogP contribution in [0.15, 0.2) is 206 Å². The van der Waals surface area contributed by atoms with E-state index in [0.717, 1.165) is 106 Å². The van der Waals surface area contributed by atoms with Crippen molar-refractivity contribution in [1.29, 1.82) is 0 Å². The van der Waals surface area contributed by atoms with Gasteiger partial charge in [0.25, 0.3) is 6.71 Å². The molecule has 3 heteroatoms. The van der Waals surface area contributed by atoms with Crippen LogP contribution in [0.5, 0.6) is 0 Å². The van der Waals surface area contributed by atoms with Gasteiger partial charge in [-0.15, -0.1) is 0 Å².